The van der Waals surface area contributed by atoms with Crippen molar-refractivity contribution in [1.29, 1.82) is 0 Å². The second-order valence-corrected chi connectivity index (χ2v) is 5.20. The average molecular weight is 245 g/mol. The lowest BCUT2D eigenvalue weighted by atomic mass is 9.87. The summed E-state index contributed by atoms with van der Waals surface area (Å²) in [5, 5.41) is 9.44. The second-order valence-electron chi connectivity index (χ2n) is 5.20. The van der Waals surface area contributed by atoms with E-state index in [4.69, 9.17) is 0 Å². The molecule has 0 bridgehead atoms. The van der Waals surface area contributed by atoms with Crippen LogP contribution in [0.3, 0.4) is 0 Å². The summed E-state index contributed by atoms with van der Waals surface area (Å²) < 4.78 is 38.6. The van der Waals surface area contributed by atoms with E-state index >= 15 is 0 Å². The zero-order valence-corrected chi connectivity index (χ0v) is 9.67. The van der Waals surface area contributed by atoms with E-state index in [0.717, 1.165) is 6.20 Å². The third-order valence-corrected chi connectivity index (χ3v) is 3.78. The molecule has 1 atom stereocenters. The van der Waals surface area contributed by atoms with Crippen LogP contribution in [0.1, 0.15) is 31.5 Å². The molecule has 1 aromatic rings. The maximum atomic E-state index is 12.9. The van der Waals surface area contributed by atoms with Crippen LogP contribution >= 0.6 is 0 Å². The van der Waals surface area contributed by atoms with Crippen molar-refractivity contribution in [3.63, 3.8) is 0 Å². The molecule has 0 radical (unpaired) electrons. The summed E-state index contributed by atoms with van der Waals surface area (Å²) in [6.07, 6.45) is -2.80. The third-order valence-electron chi connectivity index (χ3n) is 3.78. The van der Waals surface area contributed by atoms with Gasteiger partial charge in [0.25, 0.3) is 0 Å². The summed E-state index contributed by atoms with van der Waals surface area (Å²) in [5.74, 6) is 0. The van der Waals surface area contributed by atoms with Crippen LogP contribution in [0.25, 0.3) is 0 Å². The summed E-state index contributed by atoms with van der Waals surface area (Å²) in [6.45, 7) is 3.43. The molecule has 0 spiro atoms. The number of aliphatic hydroxyl groups is 1. The Morgan fingerprint density at radius 3 is 2.41 bits per heavy atom. The van der Waals surface area contributed by atoms with Gasteiger partial charge < -0.3 is 5.11 Å². The zero-order chi connectivity index (χ0) is 12.9. The van der Waals surface area contributed by atoms with Crippen LogP contribution in [-0.4, -0.2) is 16.7 Å². The highest BCUT2D eigenvalue weighted by Crippen LogP contribution is 2.65. The number of alkyl halides is 3. The number of aromatic nitrogens is 1. The number of nitrogens with zero attached hydrogens (tertiary/aromatic N) is 1. The van der Waals surface area contributed by atoms with Gasteiger partial charge in [0.05, 0.1) is 6.61 Å². The highest BCUT2D eigenvalue weighted by Gasteiger charge is 2.63. The lowest BCUT2D eigenvalue weighted by Gasteiger charge is -2.21. The molecule has 1 N–H and O–H groups in total. The first-order chi connectivity index (χ1) is 7.74. The van der Waals surface area contributed by atoms with Crippen LogP contribution in [0.5, 0.6) is 0 Å². The van der Waals surface area contributed by atoms with Crippen LogP contribution in [0, 0.1) is 5.41 Å². The molecule has 1 saturated carbocycles. The molecule has 1 fully saturated rings. The summed E-state index contributed by atoms with van der Waals surface area (Å²) in [4.78, 5) is 3.43. The Morgan fingerprint density at radius 1 is 1.41 bits per heavy atom. The number of hydrogen-bond donors (Lipinski definition) is 1. The van der Waals surface area contributed by atoms with E-state index in [1.54, 1.807) is 0 Å². The summed E-state index contributed by atoms with van der Waals surface area (Å²) in [6, 6.07) is 2.90. The van der Waals surface area contributed by atoms with Crippen molar-refractivity contribution in [3.05, 3.63) is 29.6 Å². The highest BCUT2D eigenvalue weighted by molar-refractivity contribution is 5.41. The van der Waals surface area contributed by atoms with Crippen molar-refractivity contribution in [2.24, 2.45) is 5.41 Å². The monoisotopic (exact) mass is 245 g/mol. The third kappa shape index (κ3) is 1.73. The first-order valence-corrected chi connectivity index (χ1v) is 5.38. The molecule has 0 aromatic carbocycles. The molecule has 0 amide bonds. The predicted octanol–water partition coefficient (Wildman–Crippen LogP) is 2.76. The van der Waals surface area contributed by atoms with Crippen LogP contribution in [0.4, 0.5) is 13.2 Å². The van der Waals surface area contributed by atoms with E-state index in [9.17, 15) is 18.3 Å². The van der Waals surface area contributed by atoms with Crippen LogP contribution in [0.15, 0.2) is 18.3 Å². The van der Waals surface area contributed by atoms with E-state index < -0.39 is 17.3 Å². The molecule has 5 heteroatoms. The van der Waals surface area contributed by atoms with E-state index in [2.05, 4.69) is 4.98 Å². The van der Waals surface area contributed by atoms with Crippen LogP contribution in [-0.2, 0) is 11.6 Å². The van der Waals surface area contributed by atoms with Crippen molar-refractivity contribution >= 4 is 0 Å². The number of halogens is 3. The fourth-order valence-electron chi connectivity index (χ4n) is 2.54. The van der Waals surface area contributed by atoms with Crippen LogP contribution in [0.2, 0.25) is 0 Å². The topological polar surface area (TPSA) is 33.1 Å². The summed E-state index contributed by atoms with van der Waals surface area (Å²) in [7, 11) is 0. The van der Waals surface area contributed by atoms with Gasteiger partial charge in [0.2, 0.25) is 0 Å². The largest absolute Gasteiger partial charge is 0.433 e. The van der Waals surface area contributed by atoms with Gasteiger partial charge in [0.15, 0.2) is 0 Å². The molecule has 2 nitrogen and oxygen atoms in total. The first kappa shape index (κ1) is 12.4. The fourth-order valence-corrected chi connectivity index (χ4v) is 2.54. The smallest absolute Gasteiger partial charge is 0.395 e. The predicted molar refractivity (Wildman–Crippen MR) is 56.4 cm³/mol. The van der Waals surface area contributed by atoms with Gasteiger partial charge in [-0.25, -0.2) is 0 Å². The Morgan fingerprint density at radius 2 is 2.00 bits per heavy atom. The number of rotatable bonds is 2. The van der Waals surface area contributed by atoms with E-state index in [-0.39, 0.29) is 17.6 Å². The Kier molecular flexibility index (Phi) is 2.51. The molecule has 17 heavy (non-hydrogen) atoms. The van der Waals surface area contributed by atoms with Crippen molar-refractivity contribution in [2.75, 3.05) is 6.61 Å². The van der Waals surface area contributed by atoms with Gasteiger partial charge in [0.1, 0.15) is 5.69 Å². The molecule has 1 aliphatic rings. The van der Waals surface area contributed by atoms with Crippen molar-refractivity contribution in [3.8, 4) is 0 Å². The van der Waals surface area contributed by atoms with Gasteiger partial charge >= 0.3 is 6.18 Å². The SMILES string of the molecule is CC1(C)CC1(CO)c1cccnc1C(F)(F)F. The maximum absolute atomic E-state index is 12.9. The standard InChI is InChI=1S/C12H14F3NO/c1-10(2)6-11(10,7-17)8-4-3-5-16-9(8)12(13,14)15/h3-5,17H,6-7H2,1-2H3. The minimum Gasteiger partial charge on any atom is -0.395 e. The molecule has 1 aromatic heterocycles. The number of hydrogen-bond acceptors (Lipinski definition) is 2. The molecule has 1 unspecified atom stereocenters. The second kappa shape index (κ2) is 3.45. The van der Waals surface area contributed by atoms with Gasteiger partial charge in [-0.15, -0.1) is 0 Å². The lowest BCUT2D eigenvalue weighted by Crippen LogP contribution is -2.25. The Hall–Kier alpha value is -1.10. The Bertz CT molecular complexity index is 442. The molecule has 1 heterocycles. The van der Waals surface area contributed by atoms with Gasteiger partial charge in [-0.2, -0.15) is 13.2 Å². The van der Waals surface area contributed by atoms with Crippen molar-refractivity contribution < 1.29 is 18.3 Å². The molecule has 1 aliphatic carbocycles. The highest BCUT2D eigenvalue weighted by atomic mass is 19.4. The van der Waals surface area contributed by atoms with E-state index in [1.165, 1.54) is 12.1 Å². The van der Waals surface area contributed by atoms with Crippen molar-refractivity contribution in [2.45, 2.75) is 31.9 Å². The molecule has 0 saturated heterocycles. The molecule has 94 valence electrons. The molecule has 0 aliphatic heterocycles. The molecular weight excluding hydrogens is 231 g/mol. The van der Waals surface area contributed by atoms with Gasteiger partial charge in [-0.3, -0.25) is 4.98 Å². The normalized spacial score (nSPS) is 26.9. The van der Waals surface area contributed by atoms with Gasteiger partial charge in [-0.1, -0.05) is 19.9 Å². The fraction of sp³-hybridized carbons (Fsp3) is 0.583. The molecule has 2 rings (SSSR count). The average Bonchev–Trinajstić information content (AvgIpc) is 2.81. The quantitative estimate of drug-likeness (QED) is 0.869. The minimum absolute atomic E-state index is 0.111. The Labute approximate surface area is 97.5 Å². The number of aliphatic hydroxyl groups excluding tert-OH is 1. The van der Waals surface area contributed by atoms with E-state index in [0.29, 0.717) is 6.42 Å². The van der Waals surface area contributed by atoms with Crippen molar-refractivity contribution in [1.82, 2.24) is 4.98 Å². The Balaban J connectivity index is 2.54. The van der Waals surface area contributed by atoms with E-state index in [1.807, 2.05) is 13.8 Å². The zero-order valence-electron chi connectivity index (χ0n) is 9.67. The van der Waals surface area contributed by atoms with Gasteiger partial charge in [-0.05, 0) is 23.5 Å². The summed E-state index contributed by atoms with van der Waals surface area (Å²) in [5.41, 5.74) is -1.88. The summed E-state index contributed by atoms with van der Waals surface area (Å²) >= 11 is 0. The first-order valence-electron chi connectivity index (χ1n) is 5.38. The lowest BCUT2D eigenvalue weighted by molar-refractivity contribution is -0.142. The van der Waals surface area contributed by atoms with Crippen LogP contribution < -0.4 is 0 Å². The number of pyridine rings is 1. The minimum atomic E-state index is -4.47. The molecular formula is C12H14F3NO. The maximum Gasteiger partial charge on any atom is 0.433 e. The van der Waals surface area contributed by atoms with Gasteiger partial charge in [0, 0.05) is 11.6 Å².